The van der Waals surface area contributed by atoms with Crippen molar-refractivity contribution in [3.05, 3.63) is 101 Å². The molecule has 0 amide bonds. The molecule has 34 heavy (non-hydrogen) atoms. The molecule has 0 atom stereocenters. The number of nitrogens with zero attached hydrogens (tertiary/aromatic N) is 3. The molecule has 0 unspecified atom stereocenters. The Labute approximate surface area is 223 Å². The van der Waals surface area contributed by atoms with E-state index in [0.29, 0.717) is 49.0 Å². The summed E-state index contributed by atoms with van der Waals surface area (Å²) in [4.78, 5) is 17.9. The molecular weight excluding hydrogens is 605 g/mol. The lowest BCUT2D eigenvalue weighted by Crippen LogP contribution is -2.22. The van der Waals surface area contributed by atoms with E-state index in [1.54, 1.807) is 24.4 Å². The van der Waals surface area contributed by atoms with Gasteiger partial charge in [-0.3, -0.25) is 4.79 Å². The number of halogens is 4. The number of hydrogen-bond acceptors (Lipinski definition) is 4. The van der Waals surface area contributed by atoms with Gasteiger partial charge in [0.15, 0.2) is 0 Å². The van der Waals surface area contributed by atoms with E-state index in [0.717, 1.165) is 16.5 Å². The second kappa shape index (κ2) is 11.0. The molecule has 0 radical (unpaired) electrons. The maximum absolute atomic E-state index is 13.3. The number of ether oxygens (including phenoxy) is 1. The Morgan fingerprint density at radius 1 is 1.12 bits per heavy atom. The zero-order chi connectivity index (χ0) is 24.2. The molecule has 0 fully saturated rings. The predicted molar refractivity (Wildman–Crippen MR) is 146 cm³/mol. The molecule has 3 aromatic carbocycles. The minimum absolute atomic E-state index is 0.245. The number of aryl methyl sites for hydroxylation is 1. The van der Waals surface area contributed by atoms with Gasteiger partial charge in [0.1, 0.15) is 18.2 Å². The monoisotopic (exact) mass is 621 g/mol. The van der Waals surface area contributed by atoms with Crippen LogP contribution in [0.1, 0.15) is 30.3 Å². The summed E-state index contributed by atoms with van der Waals surface area (Å²) in [6.07, 6.45) is 2.98. The van der Waals surface area contributed by atoms with E-state index in [1.807, 2.05) is 43.3 Å². The smallest absolute Gasteiger partial charge is 0.282 e. The van der Waals surface area contributed by atoms with Gasteiger partial charge in [0.2, 0.25) is 0 Å². The van der Waals surface area contributed by atoms with Crippen LogP contribution in [0.2, 0.25) is 10.0 Å². The number of benzene rings is 3. The fourth-order valence-electron chi connectivity index (χ4n) is 3.41. The van der Waals surface area contributed by atoms with Gasteiger partial charge in [-0.2, -0.15) is 9.78 Å². The number of hydrogen-bond donors (Lipinski definition) is 0. The molecule has 5 nitrogen and oxygen atoms in total. The van der Waals surface area contributed by atoms with Crippen LogP contribution in [0.3, 0.4) is 0 Å². The normalized spacial score (nSPS) is 11.4. The van der Waals surface area contributed by atoms with Crippen molar-refractivity contribution in [1.29, 1.82) is 0 Å². The van der Waals surface area contributed by atoms with Gasteiger partial charge < -0.3 is 4.74 Å². The highest BCUT2D eigenvalue weighted by Crippen LogP contribution is 2.33. The fraction of sp³-hybridized carbons (Fsp3) is 0.160. The molecule has 0 aliphatic rings. The zero-order valence-electron chi connectivity index (χ0n) is 18.1. The Morgan fingerprint density at radius 3 is 2.68 bits per heavy atom. The van der Waals surface area contributed by atoms with Crippen LogP contribution in [0.15, 0.2) is 73.4 Å². The second-order valence-corrected chi connectivity index (χ2v) is 10.1. The van der Waals surface area contributed by atoms with E-state index in [4.69, 9.17) is 27.9 Å². The van der Waals surface area contributed by atoms with E-state index in [2.05, 4.69) is 41.9 Å². The van der Waals surface area contributed by atoms with Gasteiger partial charge >= 0.3 is 0 Å². The van der Waals surface area contributed by atoms with Gasteiger partial charge in [-0.1, -0.05) is 64.3 Å². The number of aromatic nitrogens is 2. The summed E-state index contributed by atoms with van der Waals surface area (Å²) >= 11 is 19.5. The third-order valence-corrected chi connectivity index (χ3v) is 6.70. The minimum Gasteiger partial charge on any atom is -0.487 e. The maximum atomic E-state index is 13.3. The molecule has 0 saturated heterocycles. The molecule has 0 aliphatic carbocycles. The Hall–Kier alpha value is -2.19. The van der Waals surface area contributed by atoms with Gasteiger partial charge in [0.25, 0.3) is 5.56 Å². The van der Waals surface area contributed by atoms with E-state index in [9.17, 15) is 4.79 Å². The van der Waals surface area contributed by atoms with Crippen molar-refractivity contribution in [2.24, 2.45) is 5.10 Å². The highest BCUT2D eigenvalue weighted by atomic mass is 79.9. The Kier molecular flexibility index (Phi) is 8.09. The van der Waals surface area contributed by atoms with Crippen LogP contribution >= 0.6 is 55.1 Å². The lowest BCUT2D eigenvalue weighted by molar-refractivity contribution is 0.304. The largest absolute Gasteiger partial charge is 0.487 e. The molecule has 0 bridgehead atoms. The van der Waals surface area contributed by atoms with Gasteiger partial charge in [0, 0.05) is 32.1 Å². The van der Waals surface area contributed by atoms with Crippen LogP contribution in [-0.4, -0.2) is 15.9 Å². The SMILES string of the molecule is CCCc1nc2ccc(Br)cc2c(=O)n1N=Cc1cc(Cl)cc(Br)c1OCc1ccccc1Cl. The molecule has 1 aromatic heterocycles. The van der Waals surface area contributed by atoms with Gasteiger partial charge in [-0.05, 0) is 58.7 Å². The third kappa shape index (κ3) is 5.54. The minimum atomic E-state index is -0.245. The summed E-state index contributed by atoms with van der Waals surface area (Å²) in [5.41, 5.74) is 1.85. The van der Waals surface area contributed by atoms with Crippen LogP contribution < -0.4 is 10.3 Å². The average molecular weight is 624 g/mol. The molecule has 4 rings (SSSR count). The van der Waals surface area contributed by atoms with Crippen LogP contribution in [0, 0.1) is 0 Å². The first kappa shape index (κ1) is 24.9. The molecule has 9 heteroatoms. The van der Waals surface area contributed by atoms with Crippen molar-refractivity contribution in [1.82, 2.24) is 9.66 Å². The van der Waals surface area contributed by atoms with Crippen LogP contribution in [0.25, 0.3) is 10.9 Å². The van der Waals surface area contributed by atoms with Gasteiger partial charge in [-0.25, -0.2) is 4.98 Å². The van der Waals surface area contributed by atoms with Crippen molar-refractivity contribution in [2.75, 3.05) is 0 Å². The Morgan fingerprint density at radius 2 is 1.91 bits per heavy atom. The van der Waals surface area contributed by atoms with Crippen LogP contribution in [-0.2, 0) is 13.0 Å². The maximum Gasteiger partial charge on any atom is 0.282 e. The summed E-state index contributed by atoms with van der Waals surface area (Å²) < 4.78 is 8.88. The first-order valence-corrected chi connectivity index (χ1v) is 12.8. The molecule has 4 aromatic rings. The number of rotatable bonds is 7. The van der Waals surface area contributed by atoms with Gasteiger partial charge in [-0.15, -0.1) is 0 Å². The van der Waals surface area contributed by atoms with E-state index in [-0.39, 0.29) is 12.2 Å². The molecule has 0 spiro atoms. The summed E-state index contributed by atoms with van der Waals surface area (Å²) in [5.74, 6) is 1.12. The topological polar surface area (TPSA) is 56.5 Å². The summed E-state index contributed by atoms with van der Waals surface area (Å²) in [6, 6.07) is 16.4. The van der Waals surface area contributed by atoms with E-state index < -0.39 is 0 Å². The quantitative estimate of drug-likeness (QED) is 0.199. The molecule has 1 heterocycles. The summed E-state index contributed by atoms with van der Waals surface area (Å²) in [5, 5.41) is 6.10. The summed E-state index contributed by atoms with van der Waals surface area (Å²) in [7, 11) is 0. The second-order valence-electron chi connectivity index (χ2n) is 7.49. The fourth-order valence-corrected chi connectivity index (χ4v) is 4.91. The summed E-state index contributed by atoms with van der Waals surface area (Å²) in [6.45, 7) is 2.29. The highest BCUT2D eigenvalue weighted by molar-refractivity contribution is 9.10. The van der Waals surface area contributed by atoms with Crippen LogP contribution in [0.4, 0.5) is 0 Å². The van der Waals surface area contributed by atoms with Crippen molar-refractivity contribution < 1.29 is 4.74 Å². The Bertz CT molecular complexity index is 1450. The first-order valence-electron chi connectivity index (χ1n) is 10.5. The molecule has 174 valence electrons. The van der Waals surface area contributed by atoms with Crippen molar-refractivity contribution >= 4 is 72.2 Å². The van der Waals surface area contributed by atoms with Crippen LogP contribution in [0.5, 0.6) is 5.75 Å². The molecule has 0 N–H and O–H groups in total. The lowest BCUT2D eigenvalue weighted by atomic mass is 10.2. The predicted octanol–water partition coefficient (Wildman–Crippen LogP) is 7.64. The third-order valence-electron chi connectivity index (χ3n) is 5.03. The lowest BCUT2D eigenvalue weighted by Gasteiger charge is -2.13. The molecule has 0 aliphatic heterocycles. The van der Waals surface area contributed by atoms with Crippen molar-refractivity contribution in [3.63, 3.8) is 0 Å². The van der Waals surface area contributed by atoms with Crippen molar-refractivity contribution in [2.45, 2.75) is 26.4 Å². The Balaban J connectivity index is 1.76. The van der Waals surface area contributed by atoms with Gasteiger partial charge in [0.05, 0.1) is 21.6 Å². The zero-order valence-corrected chi connectivity index (χ0v) is 22.7. The average Bonchev–Trinajstić information content (AvgIpc) is 2.80. The number of fused-ring (bicyclic) bond motifs is 1. The van der Waals surface area contributed by atoms with E-state index >= 15 is 0 Å². The molecule has 0 saturated carbocycles. The van der Waals surface area contributed by atoms with E-state index in [1.165, 1.54) is 4.68 Å². The van der Waals surface area contributed by atoms with Crippen molar-refractivity contribution in [3.8, 4) is 5.75 Å². The molecular formula is C25H19Br2Cl2N3O2. The highest BCUT2D eigenvalue weighted by Gasteiger charge is 2.13. The first-order chi connectivity index (χ1) is 16.4. The standard InChI is InChI=1S/C25H19Br2Cl2N3O2/c1-2-5-23-31-22-9-8-17(26)11-19(22)25(33)32(23)30-13-16-10-18(28)12-20(27)24(16)34-14-15-6-3-4-7-21(15)29/h3-4,6-13H,2,5,14H2,1H3.